The highest BCUT2D eigenvalue weighted by Crippen LogP contribution is 2.34. The number of halogens is 3. The Kier molecular flexibility index (Phi) is 6.97. The van der Waals surface area contributed by atoms with Crippen molar-refractivity contribution in [2.75, 3.05) is 0 Å². The summed E-state index contributed by atoms with van der Waals surface area (Å²) in [5.41, 5.74) is -0.268. The lowest BCUT2D eigenvalue weighted by atomic mass is 10.2. The van der Waals surface area contributed by atoms with Crippen molar-refractivity contribution in [3.05, 3.63) is 28.5 Å². The van der Waals surface area contributed by atoms with Gasteiger partial charge in [-0.05, 0) is 44.0 Å². The smallest absolute Gasteiger partial charge is 0.319 e. The molecule has 1 rings (SSSR count). The van der Waals surface area contributed by atoms with Crippen LogP contribution in [0.1, 0.15) is 37.6 Å². The Morgan fingerprint density at radius 2 is 2.00 bits per heavy atom. The van der Waals surface area contributed by atoms with Gasteiger partial charge >= 0.3 is 5.97 Å². The van der Waals surface area contributed by atoms with Crippen molar-refractivity contribution < 1.29 is 18.7 Å². The fraction of sp³-hybridized carbons (Fsp3) is 0.429. The van der Waals surface area contributed by atoms with Gasteiger partial charge in [-0.1, -0.05) is 18.5 Å². The molecule has 7 heteroatoms. The van der Waals surface area contributed by atoms with E-state index in [0.717, 1.165) is 17.8 Å². The van der Waals surface area contributed by atoms with Crippen LogP contribution in [0, 0.1) is 5.82 Å². The van der Waals surface area contributed by atoms with E-state index in [1.165, 1.54) is 6.07 Å². The first-order valence-electron chi connectivity index (χ1n) is 6.32. The van der Waals surface area contributed by atoms with E-state index in [2.05, 4.69) is 0 Å². The van der Waals surface area contributed by atoms with E-state index in [-0.39, 0.29) is 22.7 Å². The molecule has 1 unspecified atom stereocenters. The topological polar surface area (TPSA) is 43.4 Å². The molecule has 0 bridgehead atoms. The van der Waals surface area contributed by atoms with Crippen LogP contribution in [0.2, 0.25) is 5.02 Å². The van der Waals surface area contributed by atoms with E-state index >= 15 is 0 Å². The van der Waals surface area contributed by atoms with E-state index in [4.69, 9.17) is 27.9 Å². The highest BCUT2D eigenvalue weighted by Gasteiger charge is 2.23. The van der Waals surface area contributed by atoms with E-state index in [0.29, 0.717) is 11.3 Å². The molecule has 21 heavy (non-hydrogen) atoms. The quantitative estimate of drug-likeness (QED) is 0.423. The average molecular weight is 353 g/mol. The summed E-state index contributed by atoms with van der Waals surface area (Å²) in [4.78, 5) is 23.5. The van der Waals surface area contributed by atoms with Gasteiger partial charge in [-0.3, -0.25) is 9.59 Å². The summed E-state index contributed by atoms with van der Waals surface area (Å²) in [5.74, 6) is -1.17. The minimum Gasteiger partial charge on any atom is -0.462 e. The van der Waals surface area contributed by atoms with Crippen LogP contribution in [0.5, 0.6) is 0 Å². The molecule has 0 heterocycles. The number of carbonyl (C=O) groups is 2. The third-order valence-electron chi connectivity index (χ3n) is 2.49. The van der Waals surface area contributed by atoms with Gasteiger partial charge < -0.3 is 4.74 Å². The molecule has 0 N–H and O–H groups in total. The van der Waals surface area contributed by atoms with Crippen LogP contribution in [0.25, 0.3) is 0 Å². The zero-order chi connectivity index (χ0) is 16.2. The van der Waals surface area contributed by atoms with Gasteiger partial charge in [-0.25, -0.2) is 4.39 Å². The Hall–Kier alpha value is -0.780. The summed E-state index contributed by atoms with van der Waals surface area (Å²) < 4.78 is 18.7. The standard InChI is InChI=1S/C14H15Cl2FO3S/c1-4-11(14(19)20-7(2)3)21-12-5-8(13(16)18)10(17)6-9(12)15/h5-7,11H,4H2,1-3H3. The number of carbonyl (C=O) groups excluding carboxylic acids is 2. The van der Waals surface area contributed by atoms with Crippen molar-refractivity contribution in [1.82, 2.24) is 0 Å². The zero-order valence-electron chi connectivity index (χ0n) is 11.8. The lowest BCUT2D eigenvalue weighted by Gasteiger charge is -2.17. The van der Waals surface area contributed by atoms with Gasteiger partial charge in [0.15, 0.2) is 0 Å². The Balaban J connectivity index is 3.02. The summed E-state index contributed by atoms with van der Waals surface area (Å²) in [6.45, 7) is 5.33. The molecule has 0 radical (unpaired) electrons. The average Bonchev–Trinajstić information content (AvgIpc) is 2.36. The first-order chi connectivity index (χ1) is 9.76. The summed E-state index contributed by atoms with van der Waals surface area (Å²) >= 11 is 12.4. The molecule has 0 aliphatic heterocycles. The van der Waals surface area contributed by atoms with Gasteiger partial charge in [-0.15, -0.1) is 11.8 Å². The second-order valence-electron chi connectivity index (χ2n) is 4.54. The number of esters is 1. The fourth-order valence-electron chi connectivity index (χ4n) is 1.53. The molecule has 1 atom stereocenters. The Bertz CT molecular complexity index is 549. The van der Waals surface area contributed by atoms with Crippen molar-refractivity contribution in [2.45, 2.75) is 43.4 Å². The molecule has 3 nitrogen and oxygen atoms in total. The molecule has 0 aliphatic rings. The van der Waals surface area contributed by atoms with E-state index in [1.807, 2.05) is 6.92 Å². The van der Waals surface area contributed by atoms with Crippen molar-refractivity contribution in [2.24, 2.45) is 0 Å². The maximum Gasteiger partial charge on any atom is 0.319 e. The van der Waals surface area contributed by atoms with E-state index in [9.17, 15) is 14.0 Å². The monoisotopic (exact) mass is 352 g/mol. The maximum absolute atomic E-state index is 13.5. The first kappa shape index (κ1) is 18.3. The lowest BCUT2D eigenvalue weighted by molar-refractivity contribution is -0.146. The summed E-state index contributed by atoms with van der Waals surface area (Å²) in [6.07, 6.45) is 0.282. The van der Waals surface area contributed by atoms with Crippen molar-refractivity contribution in [3.8, 4) is 0 Å². The molecule has 0 amide bonds. The molecule has 0 aromatic heterocycles. The van der Waals surface area contributed by atoms with Gasteiger partial charge in [0, 0.05) is 4.90 Å². The maximum atomic E-state index is 13.5. The summed E-state index contributed by atoms with van der Waals surface area (Å²) in [5, 5.41) is -1.28. The lowest BCUT2D eigenvalue weighted by Crippen LogP contribution is -2.22. The largest absolute Gasteiger partial charge is 0.462 e. The van der Waals surface area contributed by atoms with Crippen LogP contribution >= 0.6 is 35.0 Å². The second kappa shape index (κ2) is 8.01. The molecular weight excluding hydrogens is 338 g/mol. The third kappa shape index (κ3) is 5.16. The SMILES string of the molecule is CCC(Sc1cc(C(=O)Cl)c(F)cc1Cl)C(=O)OC(C)C. The molecule has 116 valence electrons. The highest BCUT2D eigenvalue weighted by molar-refractivity contribution is 8.00. The van der Waals surface area contributed by atoms with Crippen molar-refractivity contribution in [3.63, 3.8) is 0 Å². The van der Waals surface area contributed by atoms with E-state index in [1.54, 1.807) is 13.8 Å². The van der Waals surface area contributed by atoms with Gasteiger partial charge in [0.05, 0.1) is 16.7 Å². The number of rotatable bonds is 6. The van der Waals surface area contributed by atoms with Crippen LogP contribution < -0.4 is 0 Å². The van der Waals surface area contributed by atoms with Crippen LogP contribution in [-0.2, 0) is 9.53 Å². The van der Waals surface area contributed by atoms with Gasteiger partial charge in [0.25, 0.3) is 5.24 Å². The van der Waals surface area contributed by atoms with Crippen LogP contribution in [0.4, 0.5) is 4.39 Å². The Morgan fingerprint density at radius 3 is 2.48 bits per heavy atom. The molecule has 1 aromatic carbocycles. The Morgan fingerprint density at radius 1 is 1.38 bits per heavy atom. The van der Waals surface area contributed by atoms with Gasteiger partial charge in [0.2, 0.25) is 0 Å². The first-order valence-corrected chi connectivity index (χ1v) is 7.95. The molecule has 0 aliphatic carbocycles. The van der Waals surface area contributed by atoms with E-state index < -0.39 is 16.3 Å². The normalized spacial score (nSPS) is 12.3. The molecule has 1 aromatic rings. The van der Waals surface area contributed by atoms with Crippen LogP contribution in [0.3, 0.4) is 0 Å². The number of hydrogen-bond donors (Lipinski definition) is 0. The van der Waals surface area contributed by atoms with Crippen LogP contribution in [-0.4, -0.2) is 22.6 Å². The highest BCUT2D eigenvalue weighted by atomic mass is 35.5. The van der Waals surface area contributed by atoms with Crippen molar-refractivity contribution in [1.29, 1.82) is 0 Å². The van der Waals surface area contributed by atoms with Crippen molar-refractivity contribution >= 4 is 46.2 Å². The predicted molar refractivity (Wildman–Crippen MR) is 82.8 cm³/mol. The minimum atomic E-state index is -0.913. The second-order valence-corrected chi connectivity index (χ2v) is 6.53. The third-order valence-corrected chi connectivity index (χ3v) is 4.52. The predicted octanol–water partition coefficient (Wildman–Crippen LogP) is 4.68. The summed E-state index contributed by atoms with van der Waals surface area (Å²) in [6, 6.07) is 2.27. The van der Waals surface area contributed by atoms with Gasteiger partial charge in [0.1, 0.15) is 11.1 Å². The zero-order valence-corrected chi connectivity index (χ0v) is 14.1. The van der Waals surface area contributed by atoms with Gasteiger partial charge in [-0.2, -0.15) is 0 Å². The van der Waals surface area contributed by atoms with Crippen LogP contribution in [0.15, 0.2) is 17.0 Å². The molecule has 0 spiro atoms. The number of hydrogen-bond acceptors (Lipinski definition) is 4. The minimum absolute atomic E-state index is 0.120. The molecule has 0 saturated heterocycles. The fourth-order valence-corrected chi connectivity index (χ4v) is 2.94. The molecule has 0 saturated carbocycles. The number of ether oxygens (including phenoxy) is 1. The Labute approximate surface area is 137 Å². The number of thioether (sulfide) groups is 1. The number of benzene rings is 1. The summed E-state index contributed by atoms with van der Waals surface area (Å²) in [7, 11) is 0. The molecular formula is C14H15Cl2FO3S. The molecule has 0 fully saturated rings.